The summed E-state index contributed by atoms with van der Waals surface area (Å²) in [5.74, 6) is 0.696. The van der Waals surface area contributed by atoms with Crippen LogP contribution in [0.15, 0.2) is 267 Å². The predicted octanol–water partition coefficient (Wildman–Crippen LogP) is 19.0. The molecular weight excluding hydrogens is 929 g/mol. The molecule has 0 saturated carbocycles. The fourth-order valence-corrected chi connectivity index (χ4v) is 12.4. The maximum Gasteiger partial charge on any atom is 0.160 e. The third kappa shape index (κ3) is 7.35. The summed E-state index contributed by atoms with van der Waals surface area (Å²) in [5, 5.41) is 7.57. The van der Waals surface area contributed by atoms with E-state index >= 15 is 0 Å². The fraction of sp³-hybridized carbons (Fsp3) is 0. The topological polar surface area (TPSA) is 35.6 Å². The molecule has 75 heavy (non-hydrogen) atoms. The average molecular weight is 973 g/mol. The average Bonchev–Trinajstić information content (AvgIpc) is 4.19. The van der Waals surface area contributed by atoms with Gasteiger partial charge in [-0.15, -0.1) is 11.3 Å². The van der Waals surface area contributed by atoms with Crippen molar-refractivity contribution < 1.29 is 0 Å². The number of hydrogen-bond acceptors (Lipinski definition) is 3. The van der Waals surface area contributed by atoms with Gasteiger partial charge < -0.3 is 9.13 Å². The molecule has 0 bridgehead atoms. The van der Waals surface area contributed by atoms with Crippen LogP contribution in [0.3, 0.4) is 0 Å². The summed E-state index contributed by atoms with van der Waals surface area (Å²) < 4.78 is 7.48. The first-order valence-electron chi connectivity index (χ1n) is 25.5. The van der Waals surface area contributed by atoms with Crippen molar-refractivity contribution in [2.75, 3.05) is 0 Å². The highest BCUT2D eigenvalue weighted by molar-refractivity contribution is 7.25. The Morgan fingerprint density at radius 3 is 1.17 bits per heavy atom. The van der Waals surface area contributed by atoms with Crippen LogP contribution in [0.25, 0.3) is 142 Å². The van der Waals surface area contributed by atoms with E-state index in [9.17, 15) is 0 Å². The van der Waals surface area contributed by atoms with Gasteiger partial charge in [0, 0.05) is 69.8 Å². The van der Waals surface area contributed by atoms with Gasteiger partial charge in [-0.25, -0.2) is 9.97 Å². The van der Waals surface area contributed by atoms with Crippen LogP contribution in [-0.4, -0.2) is 19.1 Å². The molecule has 0 spiro atoms. The van der Waals surface area contributed by atoms with Gasteiger partial charge in [0.05, 0.1) is 33.5 Å². The molecule has 15 rings (SSSR count). The molecule has 4 heterocycles. The van der Waals surface area contributed by atoms with Crippen molar-refractivity contribution in [3.8, 4) is 78.7 Å². The third-order valence-corrected chi connectivity index (χ3v) is 16.1. The first kappa shape index (κ1) is 43.0. The van der Waals surface area contributed by atoms with E-state index in [2.05, 4.69) is 258 Å². The highest BCUT2D eigenvalue weighted by atomic mass is 32.1. The molecular formula is C70H44N4S. The van der Waals surface area contributed by atoms with Gasteiger partial charge in [0.15, 0.2) is 5.82 Å². The largest absolute Gasteiger partial charge is 0.309 e. The Labute approximate surface area is 437 Å². The summed E-state index contributed by atoms with van der Waals surface area (Å²) in [6.45, 7) is 0. The van der Waals surface area contributed by atoms with Crippen molar-refractivity contribution in [3.63, 3.8) is 0 Å². The van der Waals surface area contributed by atoms with Gasteiger partial charge in [0.1, 0.15) is 0 Å². The SMILES string of the molecule is c1ccc(-c2nc(-c3ccc(-c4cccc(-c5cc(-n6c7ccccc7c7ccccc76)cc(-n6c7ccccc7c7ccccc76)c5)c4)cc3)cc(-c3ccc(-c4ccc5sc6ccccc6c5c4)cc3)n2)cc1. The lowest BCUT2D eigenvalue weighted by molar-refractivity contribution is 1.13. The Morgan fingerprint density at radius 1 is 0.240 bits per heavy atom. The van der Waals surface area contributed by atoms with Gasteiger partial charge in [0.25, 0.3) is 0 Å². The van der Waals surface area contributed by atoms with E-state index in [1.165, 1.54) is 74.9 Å². The lowest BCUT2D eigenvalue weighted by Crippen LogP contribution is -2.00. The Balaban J connectivity index is 0.809. The molecule has 0 atom stereocenters. The minimum Gasteiger partial charge on any atom is -0.309 e. The number of rotatable bonds is 8. The second-order valence-corrected chi connectivity index (χ2v) is 20.4. The quantitative estimate of drug-likeness (QED) is 0.152. The molecule has 350 valence electrons. The van der Waals surface area contributed by atoms with Crippen molar-refractivity contribution in [2.24, 2.45) is 0 Å². The van der Waals surface area contributed by atoms with E-state index < -0.39 is 0 Å². The molecule has 0 unspecified atom stereocenters. The predicted molar refractivity (Wildman–Crippen MR) is 316 cm³/mol. The first-order chi connectivity index (χ1) is 37.1. The minimum absolute atomic E-state index is 0.696. The molecule has 0 N–H and O–H groups in total. The number of thiophene rings is 1. The van der Waals surface area contributed by atoms with E-state index in [0.29, 0.717) is 5.82 Å². The zero-order chi connectivity index (χ0) is 49.4. The van der Waals surface area contributed by atoms with Crippen molar-refractivity contribution in [1.29, 1.82) is 0 Å². The standard InChI is InChI=1S/C70H44N4S/c1-2-15-49(16-3-1)70-71-62(44-63(72-70)48-35-31-46(32-36-48)52-37-38-69-61(42-52)60-23-8-13-28-68(60)75-69)47-33-29-45(30-34-47)50-17-14-18-51(39-50)53-40-54(73-64-24-9-4-19-56(64)57-20-5-10-25-65(57)73)43-55(41-53)74-66-26-11-6-21-58(66)59-22-7-12-27-67(59)74/h1-44H. The monoisotopic (exact) mass is 972 g/mol. The highest BCUT2D eigenvalue weighted by Gasteiger charge is 2.19. The first-order valence-corrected chi connectivity index (χ1v) is 26.3. The van der Waals surface area contributed by atoms with Crippen molar-refractivity contribution in [3.05, 3.63) is 267 Å². The van der Waals surface area contributed by atoms with E-state index in [1.807, 2.05) is 29.5 Å². The van der Waals surface area contributed by atoms with E-state index in [0.717, 1.165) is 61.7 Å². The van der Waals surface area contributed by atoms with E-state index in [4.69, 9.17) is 9.97 Å². The molecule has 15 aromatic rings. The second-order valence-electron chi connectivity index (χ2n) is 19.4. The van der Waals surface area contributed by atoms with Gasteiger partial charge in [-0.1, -0.05) is 194 Å². The second kappa shape index (κ2) is 17.5. The number of benzene rings is 11. The van der Waals surface area contributed by atoms with Crippen LogP contribution in [0.5, 0.6) is 0 Å². The number of para-hydroxylation sites is 4. The molecule has 5 heteroatoms. The summed E-state index contributed by atoms with van der Waals surface area (Å²) in [5.41, 5.74) is 18.6. The summed E-state index contributed by atoms with van der Waals surface area (Å²) >= 11 is 1.85. The summed E-state index contributed by atoms with van der Waals surface area (Å²) in [6, 6.07) is 96.6. The van der Waals surface area contributed by atoms with Crippen LogP contribution < -0.4 is 0 Å². The van der Waals surface area contributed by atoms with Gasteiger partial charge in [0.2, 0.25) is 0 Å². The van der Waals surface area contributed by atoms with Crippen LogP contribution in [-0.2, 0) is 0 Å². The molecule has 0 saturated heterocycles. The Hall–Kier alpha value is -9.68. The Morgan fingerprint density at radius 2 is 0.640 bits per heavy atom. The summed E-state index contributed by atoms with van der Waals surface area (Å²) in [6.07, 6.45) is 0. The van der Waals surface area contributed by atoms with Gasteiger partial charge in [-0.3, -0.25) is 0 Å². The van der Waals surface area contributed by atoms with Gasteiger partial charge >= 0.3 is 0 Å². The lowest BCUT2D eigenvalue weighted by atomic mass is 9.97. The number of nitrogens with zero attached hydrogens (tertiary/aromatic N) is 4. The van der Waals surface area contributed by atoms with Crippen LogP contribution in [0.1, 0.15) is 0 Å². The van der Waals surface area contributed by atoms with Crippen molar-refractivity contribution in [2.45, 2.75) is 0 Å². The molecule has 0 amide bonds. The van der Waals surface area contributed by atoms with E-state index in [-0.39, 0.29) is 0 Å². The molecule has 0 radical (unpaired) electrons. The van der Waals surface area contributed by atoms with Crippen LogP contribution in [0.4, 0.5) is 0 Å². The van der Waals surface area contributed by atoms with Crippen molar-refractivity contribution in [1.82, 2.24) is 19.1 Å². The van der Waals surface area contributed by atoms with Crippen molar-refractivity contribution >= 4 is 75.1 Å². The maximum absolute atomic E-state index is 5.19. The number of aromatic nitrogens is 4. The molecule has 0 aliphatic rings. The lowest BCUT2D eigenvalue weighted by Gasteiger charge is -2.16. The zero-order valence-electron chi connectivity index (χ0n) is 40.6. The van der Waals surface area contributed by atoms with Gasteiger partial charge in [-0.05, 0) is 106 Å². The molecule has 0 aliphatic carbocycles. The smallest absolute Gasteiger partial charge is 0.160 e. The van der Waals surface area contributed by atoms with E-state index in [1.54, 1.807) is 0 Å². The summed E-state index contributed by atoms with van der Waals surface area (Å²) in [4.78, 5) is 10.4. The fourth-order valence-electron chi connectivity index (χ4n) is 11.3. The number of fused-ring (bicyclic) bond motifs is 9. The molecule has 4 nitrogen and oxygen atoms in total. The molecule has 0 fully saturated rings. The summed E-state index contributed by atoms with van der Waals surface area (Å²) in [7, 11) is 0. The third-order valence-electron chi connectivity index (χ3n) is 14.9. The molecule has 4 aromatic heterocycles. The Kier molecular flexibility index (Phi) is 10.0. The number of hydrogen-bond donors (Lipinski definition) is 0. The minimum atomic E-state index is 0.696. The molecule has 11 aromatic carbocycles. The Bertz CT molecular complexity index is 4460. The highest BCUT2D eigenvalue weighted by Crippen LogP contribution is 2.40. The van der Waals surface area contributed by atoms with Gasteiger partial charge in [-0.2, -0.15) is 0 Å². The zero-order valence-corrected chi connectivity index (χ0v) is 41.4. The van der Waals surface area contributed by atoms with Crippen LogP contribution in [0.2, 0.25) is 0 Å². The van der Waals surface area contributed by atoms with Crippen LogP contribution >= 0.6 is 11.3 Å². The van der Waals surface area contributed by atoms with Crippen LogP contribution in [0, 0.1) is 0 Å². The maximum atomic E-state index is 5.19. The normalized spacial score (nSPS) is 11.7. The molecule has 0 aliphatic heterocycles.